The maximum atomic E-state index is 14.0. The van der Waals surface area contributed by atoms with Crippen LogP contribution in [0, 0.1) is 22.0 Å². The van der Waals surface area contributed by atoms with Crippen LogP contribution in [-0.4, -0.2) is 47.9 Å². The zero-order valence-electron chi connectivity index (χ0n) is 20.9. The quantitative estimate of drug-likeness (QED) is 0.304. The van der Waals surface area contributed by atoms with E-state index in [2.05, 4.69) is 5.32 Å². The number of non-ortho nitro benzene ring substituents is 1. The monoisotopic (exact) mass is 538 g/mol. The van der Waals surface area contributed by atoms with E-state index in [1.165, 1.54) is 24.3 Å². The summed E-state index contributed by atoms with van der Waals surface area (Å²) < 4.78 is 11.2. The normalized spacial score (nSPS) is 23.9. The molecule has 2 fully saturated rings. The topological polar surface area (TPSA) is 131 Å². The number of benzene rings is 3. The molecule has 0 spiro atoms. The molecule has 1 N–H and O–H groups in total. The van der Waals surface area contributed by atoms with Gasteiger partial charge in [0.2, 0.25) is 17.7 Å². The first-order valence-corrected chi connectivity index (χ1v) is 12.8. The Labute approximate surface area is 227 Å². The number of amides is 3. The number of rotatable bonds is 4. The number of hydrogen-bond acceptors (Lipinski definition) is 8. The van der Waals surface area contributed by atoms with Gasteiger partial charge in [-0.25, -0.2) is 4.90 Å². The third-order valence-electron chi connectivity index (χ3n) is 7.81. The molecule has 4 aliphatic heterocycles. The van der Waals surface area contributed by atoms with Gasteiger partial charge in [0.05, 0.1) is 28.5 Å². The fraction of sp³-hybridized carbons (Fsp3) is 0.207. The summed E-state index contributed by atoms with van der Waals surface area (Å²) in [6.45, 7) is 0.769. The maximum Gasteiger partial charge on any atom is 0.269 e. The third kappa shape index (κ3) is 3.54. The molecule has 200 valence electrons. The van der Waals surface area contributed by atoms with Crippen LogP contribution in [0.2, 0.25) is 0 Å². The van der Waals surface area contributed by atoms with E-state index < -0.39 is 46.6 Å². The maximum absolute atomic E-state index is 14.0. The SMILES string of the molecule is O=C(Nc1ccc([N+](=O)[O-])cc1)C1C2C(=O)N(c3ccc4c(c3)OCCO4)C(=O)C2C2C=Cc3ccccc3N21. The van der Waals surface area contributed by atoms with Crippen molar-refractivity contribution < 1.29 is 28.8 Å². The lowest BCUT2D eigenvalue weighted by atomic mass is 9.88. The Hall–Kier alpha value is -5.19. The number of carbonyl (C=O) groups is 3. The summed E-state index contributed by atoms with van der Waals surface area (Å²) in [5.74, 6) is -2.12. The first-order chi connectivity index (χ1) is 19.4. The van der Waals surface area contributed by atoms with Gasteiger partial charge in [-0.2, -0.15) is 0 Å². The van der Waals surface area contributed by atoms with E-state index in [1.54, 1.807) is 18.2 Å². The van der Waals surface area contributed by atoms with Crippen molar-refractivity contribution in [3.63, 3.8) is 0 Å². The Morgan fingerprint density at radius 1 is 0.925 bits per heavy atom. The summed E-state index contributed by atoms with van der Waals surface area (Å²) in [6.07, 6.45) is 3.78. The van der Waals surface area contributed by atoms with Crippen LogP contribution in [0.25, 0.3) is 6.08 Å². The molecule has 0 saturated carbocycles. The van der Waals surface area contributed by atoms with Gasteiger partial charge < -0.3 is 19.7 Å². The van der Waals surface area contributed by atoms with Crippen molar-refractivity contribution in [2.45, 2.75) is 12.1 Å². The molecule has 0 aromatic heterocycles. The number of fused-ring (bicyclic) bond motifs is 6. The number of nitrogens with one attached hydrogen (secondary N) is 1. The molecule has 3 aromatic rings. The van der Waals surface area contributed by atoms with Crippen LogP contribution in [0.15, 0.2) is 72.8 Å². The Balaban J connectivity index is 1.27. The van der Waals surface area contributed by atoms with Crippen LogP contribution in [0.4, 0.5) is 22.7 Å². The van der Waals surface area contributed by atoms with Crippen molar-refractivity contribution in [1.82, 2.24) is 0 Å². The van der Waals surface area contributed by atoms with Crippen LogP contribution in [-0.2, 0) is 14.4 Å². The molecule has 40 heavy (non-hydrogen) atoms. The predicted molar refractivity (Wildman–Crippen MR) is 144 cm³/mol. The molecule has 0 aliphatic carbocycles. The van der Waals surface area contributed by atoms with Crippen molar-refractivity contribution in [2.75, 3.05) is 28.3 Å². The van der Waals surface area contributed by atoms with E-state index in [0.717, 1.165) is 16.2 Å². The largest absolute Gasteiger partial charge is 0.486 e. The molecule has 0 bridgehead atoms. The molecule has 4 heterocycles. The highest BCUT2D eigenvalue weighted by atomic mass is 16.6. The van der Waals surface area contributed by atoms with Gasteiger partial charge in [-0.3, -0.25) is 24.5 Å². The van der Waals surface area contributed by atoms with Crippen LogP contribution in [0.1, 0.15) is 5.56 Å². The smallest absolute Gasteiger partial charge is 0.269 e. The molecule has 7 rings (SSSR count). The number of carbonyl (C=O) groups excluding carboxylic acids is 3. The third-order valence-corrected chi connectivity index (χ3v) is 7.81. The zero-order valence-corrected chi connectivity index (χ0v) is 20.9. The second-order valence-electron chi connectivity index (χ2n) is 9.95. The van der Waals surface area contributed by atoms with Crippen LogP contribution in [0.5, 0.6) is 11.5 Å². The lowest BCUT2D eigenvalue weighted by Crippen LogP contribution is -2.50. The van der Waals surface area contributed by atoms with Gasteiger partial charge >= 0.3 is 0 Å². The Morgan fingerprint density at radius 3 is 2.42 bits per heavy atom. The summed E-state index contributed by atoms with van der Waals surface area (Å²) in [7, 11) is 0. The van der Waals surface area contributed by atoms with E-state index in [4.69, 9.17) is 9.47 Å². The average Bonchev–Trinajstić information content (AvgIpc) is 3.45. The molecule has 3 aromatic carbocycles. The first kappa shape index (κ1) is 23.9. The first-order valence-electron chi connectivity index (χ1n) is 12.8. The fourth-order valence-electron chi connectivity index (χ4n) is 6.12. The van der Waals surface area contributed by atoms with Gasteiger partial charge in [-0.15, -0.1) is 0 Å². The minimum Gasteiger partial charge on any atom is -0.486 e. The van der Waals surface area contributed by atoms with Gasteiger partial charge in [0.25, 0.3) is 5.69 Å². The number of anilines is 3. The number of nitro groups is 1. The van der Waals surface area contributed by atoms with Crippen LogP contribution in [0.3, 0.4) is 0 Å². The highest BCUT2D eigenvalue weighted by molar-refractivity contribution is 6.25. The number of nitro benzene ring substituents is 1. The predicted octanol–water partition coefficient (Wildman–Crippen LogP) is 3.39. The van der Waals surface area contributed by atoms with Gasteiger partial charge in [-0.1, -0.05) is 30.4 Å². The molecule has 3 amide bonds. The van der Waals surface area contributed by atoms with Crippen LogP contribution >= 0.6 is 0 Å². The van der Waals surface area contributed by atoms with Gasteiger partial charge in [-0.05, 0) is 35.9 Å². The van der Waals surface area contributed by atoms with E-state index in [9.17, 15) is 24.5 Å². The summed E-state index contributed by atoms with van der Waals surface area (Å²) in [4.78, 5) is 55.4. The Morgan fingerprint density at radius 2 is 1.65 bits per heavy atom. The van der Waals surface area contributed by atoms with E-state index in [1.807, 2.05) is 41.3 Å². The lowest BCUT2D eigenvalue weighted by molar-refractivity contribution is -0.384. The van der Waals surface area contributed by atoms with E-state index in [-0.39, 0.29) is 5.69 Å². The van der Waals surface area contributed by atoms with Crippen molar-refractivity contribution in [3.8, 4) is 11.5 Å². The summed E-state index contributed by atoms with van der Waals surface area (Å²) >= 11 is 0. The second kappa shape index (κ2) is 8.94. The molecular formula is C29H22N4O7. The molecule has 11 nitrogen and oxygen atoms in total. The van der Waals surface area contributed by atoms with Crippen molar-refractivity contribution in [2.24, 2.45) is 11.8 Å². The lowest BCUT2D eigenvalue weighted by Gasteiger charge is -2.36. The molecule has 11 heteroatoms. The number of para-hydroxylation sites is 1. The number of ether oxygens (including phenoxy) is 2. The highest BCUT2D eigenvalue weighted by Crippen LogP contribution is 2.50. The van der Waals surface area contributed by atoms with Crippen molar-refractivity contribution in [1.29, 1.82) is 0 Å². The van der Waals surface area contributed by atoms with Crippen molar-refractivity contribution in [3.05, 3.63) is 88.5 Å². The van der Waals surface area contributed by atoms with Gasteiger partial charge in [0.1, 0.15) is 19.3 Å². The number of hydrogen-bond donors (Lipinski definition) is 1. The summed E-state index contributed by atoms with van der Waals surface area (Å²) in [6, 6.07) is 16.4. The summed E-state index contributed by atoms with van der Waals surface area (Å²) in [5.41, 5.74) is 2.21. The minimum atomic E-state index is -1.00. The number of nitrogens with zero attached hydrogens (tertiary/aromatic N) is 3. The second-order valence-corrected chi connectivity index (χ2v) is 9.95. The van der Waals surface area contributed by atoms with Crippen LogP contribution < -0.4 is 24.6 Å². The standard InChI is InChI=1S/C29H22N4O7/c34-27(30-17-6-8-18(9-7-17)33(37)38)26-25-24(21-11-5-16-3-1-2-4-20(16)32(21)26)28(35)31(29(25)36)19-10-12-22-23(15-19)40-14-13-39-22/h1-12,15,21,24-26H,13-14H2,(H,30,34). The Kier molecular flexibility index (Phi) is 5.34. The minimum absolute atomic E-state index is 0.110. The fourth-order valence-corrected chi connectivity index (χ4v) is 6.12. The summed E-state index contributed by atoms with van der Waals surface area (Å²) in [5, 5.41) is 13.9. The van der Waals surface area contributed by atoms with Gasteiger partial charge in [0.15, 0.2) is 11.5 Å². The molecular weight excluding hydrogens is 516 g/mol. The molecule has 2 saturated heterocycles. The van der Waals surface area contributed by atoms with Crippen molar-refractivity contribution >= 4 is 46.5 Å². The zero-order chi connectivity index (χ0) is 27.5. The number of imide groups is 1. The molecule has 0 radical (unpaired) electrons. The van der Waals surface area contributed by atoms with E-state index in [0.29, 0.717) is 36.1 Å². The molecule has 4 unspecified atom stereocenters. The highest BCUT2D eigenvalue weighted by Gasteiger charge is 2.64. The van der Waals surface area contributed by atoms with Gasteiger partial charge in [0, 0.05) is 29.6 Å². The van der Waals surface area contributed by atoms with E-state index >= 15 is 0 Å². The average molecular weight is 539 g/mol. The molecule has 4 aliphatic rings. The Bertz CT molecular complexity index is 1620. The molecule has 4 atom stereocenters.